The average Bonchev–Trinajstić information content (AvgIpc) is 3.23. The fraction of sp³-hybridized carbons (Fsp3) is 0.333. The van der Waals surface area contributed by atoms with Gasteiger partial charge in [0.1, 0.15) is 5.75 Å². The van der Waals surface area contributed by atoms with E-state index < -0.39 is 6.10 Å². The molecule has 0 bridgehead atoms. The SMILES string of the molecule is CC(Oc1ccccc1Cl)C(=O)NCc1cccc(NC(=O)N2CCCC2)c1. The monoisotopic (exact) mass is 401 g/mol. The Bertz CT molecular complexity index is 837. The minimum absolute atomic E-state index is 0.0829. The van der Waals surface area contributed by atoms with Crippen LogP contribution in [0.2, 0.25) is 5.02 Å². The third-order valence-electron chi connectivity index (χ3n) is 4.55. The number of urea groups is 1. The number of nitrogens with zero attached hydrogens (tertiary/aromatic N) is 1. The van der Waals surface area contributed by atoms with Crippen LogP contribution in [0.3, 0.4) is 0 Å². The smallest absolute Gasteiger partial charge is 0.321 e. The molecule has 148 valence electrons. The van der Waals surface area contributed by atoms with E-state index in [0.29, 0.717) is 23.0 Å². The number of nitrogens with one attached hydrogen (secondary N) is 2. The number of benzene rings is 2. The summed E-state index contributed by atoms with van der Waals surface area (Å²) in [5.41, 5.74) is 1.60. The Balaban J connectivity index is 1.51. The number of hydrogen-bond donors (Lipinski definition) is 2. The Morgan fingerprint density at radius 3 is 2.64 bits per heavy atom. The number of ether oxygens (including phenoxy) is 1. The highest BCUT2D eigenvalue weighted by Crippen LogP contribution is 2.24. The number of likely N-dealkylation sites (tertiary alicyclic amines) is 1. The molecule has 28 heavy (non-hydrogen) atoms. The summed E-state index contributed by atoms with van der Waals surface area (Å²) in [5, 5.41) is 6.21. The van der Waals surface area contributed by atoms with Crippen LogP contribution in [0.15, 0.2) is 48.5 Å². The van der Waals surface area contributed by atoms with Crippen LogP contribution in [0.5, 0.6) is 5.75 Å². The van der Waals surface area contributed by atoms with E-state index in [1.807, 2.05) is 29.2 Å². The number of amides is 3. The summed E-state index contributed by atoms with van der Waals surface area (Å²) in [6.07, 6.45) is 1.42. The normalized spacial score (nSPS) is 14.4. The van der Waals surface area contributed by atoms with E-state index in [2.05, 4.69) is 10.6 Å². The molecular weight excluding hydrogens is 378 g/mol. The molecule has 1 unspecified atom stereocenters. The van der Waals surface area contributed by atoms with Gasteiger partial charge in [0.05, 0.1) is 5.02 Å². The molecule has 0 aromatic heterocycles. The Labute approximate surface area is 169 Å². The van der Waals surface area contributed by atoms with Gasteiger partial charge in [0, 0.05) is 25.3 Å². The van der Waals surface area contributed by atoms with Crippen LogP contribution in [-0.4, -0.2) is 36.0 Å². The maximum atomic E-state index is 12.3. The van der Waals surface area contributed by atoms with Gasteiger partial charge in [-0.15, -0.1) is 0 Å². The Morgan fingerprint density at radius 2 is 1.89 bits per heavy atom. The van der Waals surface area contributed by atoms with Crippen molar-refractivity contribution in [2.24, 2.45) is 0 Å². The molecule has 0 saturated carbocycles. The minimum atomic E-state index is -0.682. The van der Waals surface area contributed by atoms with Gasteiger partial charge >= 0.3 is 6.03 Å². The maximum Gasteiger partial charge on any atom is 0.321 e. The van der Waals surface area contributed by atoms with Gasteiger partial charge in [0.2, 0.25) is 0 Å². The van der Waals surface area contributed by atoms with Crippen LogP contribution in [0.1, 0.15) is 25.3 Å². The predicted molar refractivity (Wildman–Crippen MR) is 110 cm³/mol. The molecule has 1 atom stereocenters. The lowest BCUT2D eigenvalue weighted by atomic mass is 10.2. The molecule has 1 saturated heterocycles. The van der Waals surface area contributed by atoms with E-state index in [0.717, 1.165) is 31.5 Å². The van der Waals surface area contributed by atoms with Crippen molar-refractivity contribution in [2.45, 2.75) is 32.4 Å². The molecule has 1 heterocycles. The molecule has 1 aliphatic rings. The van der Waals surface area contributed by atoms with Gasteiger partial charge in [0.25, 0.3) is 5.91 Å². The molecule has 7 heteroatoms. The van der Waals surface area contributed by atoms with Crippen molar-refractivity contribution in [2.75, 3.05) is 18.4 Å². The highest BCUT2D eigenvalue weighted by atomic mass is 35.5. The summed E-state index contributed by atoms with van der Waals surface area (Å²) < 4.78 is 5.62. The minimum Gasteiger partial charge on any atom is -0.479 e. The molecule has 2 N–H and O–H groups in total. The summed E-state index contributed by atoms with van der Waals surface area (Å²) >= 11 is 6.06. The highest BCUT2D eigenvalue weighted by Gasteiger charge is 2.18. The van der Waals surface area contributed by atoms with Crippen molar-refractivity contribution < 1.29 is 14.3 Å². The molecule has 2 aromatic rings. The Morgan fingerprint density at radius 1 is 1.14 bits per heavy atom. The van der Waals surface area contributed by atoms with E-state index >= 15 is 0 Å². The first-order valence-electron chi connectivity index (χ1n) is 9.36. The van der Waals surface area contributed by atoms with Crippen LogP contribution in [-0.2, 0) is 11.3 Å². The zero-order valence-electron chi connectivity index (χ0n) is 15.8. The summed E-state index contributed by atoms with van der Waals surface area (Å²) in [6.45, 7) is 3.60. The molecule has 0 spiro atoms. The topological polar surface area (TPSA) is 70.7 Å². The van der Waals surface area contributed by atoms with E-state index in [1.165, 1.54) is 0 Å². The number of rotatable bonds is 6. The molecule has 1 aliphatic heterocycles. The van der Waals surface area contributed by atoms with Crippen LogP contribution in [0.4, 0.5) is 10.5 Å². The first-order valence-corrected chi connectivity index (χ1v) is 9.74. The zero-order valence-corrected chi connectivity index (χ0v) is 16.5. The number of hydrogen-bond acceptors (Lipinski definition) is 3. The van der Waals surface area contributed by atoms with Gasteiger partial charge in [0.15, 0.2) is 6.10 Å². The van der Waals surface area contributed by atoms with Crippen molar-refractivity contribution in [1.82, 2.24) is 10.2 Å². The lowest BCUT2D eigenvalue weighted by Gasteiger charge is -2.17. The first-order chi connectivity index (χ1) is 13.5. The van der Waals surface area contributed by atoms with Crippen LogP contribution < -0.4 is 15.4 Å². The second-order valence-electron chi connectivity index (χ2n) is 6.73. The quantitative estimate of drug-likeness (QED) is 0.767. The fourth-order valence-corrected chi connectivity index (χ4v) is 3.18. The van der Waals surface area contributed by atoms with E-state index in [-0.39, 0.29) is 11.9 Å². The van der Waals surface area contributed by atoms with Crippen molar-refractivity contribution in [3.63, 3.8) is 0 Å². The van der Waals surface area contributed by atoms with Gasteiger partial charge in [-0.2, -0.15) is 0 Å². The molecule has 1 fully saturated rings. The van der Waals surface area contributed by atoms with Crippen molar-refractivity contribution >= 4 is 29.2 Å². The number of para-hydroxylation sites is 1. The fourth-order valence-electron chi connectivity index (χ4n) is 3.00. The summed E-state index contributed by atoms with van der Waals surface area (Å²) in [5.74, 6) is 0.227. The third kappa shape index (κ3) is 5.39. The molecule has 0 aliphatic carbocycles. The van der Waals surface area contributed by atoms with Crippen molar-refractivity contribution in [3.05, 3.63) is 59.1 Å². The van der Waals surface area contributed by atoms with Gasteiger partial charge in [-0.25, -0.2) is 4.79 Å². The molecular formula is C21H24ClN3O3. The van der Waals surface area contributed by atoms with Gasteiger partial charge in [-0.1, -0.05) is 35.9 Å². The molecule has 3 amide bonds. The standard InChI is InChI=1S/C21H24ClN3O3/c1-15(28-19-10-3-2-9-18(19)22)20(26)23-14-16-7-6-8-17(13-16)24-21(27)25-11-4-5-12-25/h2-3,6-10,13,15H,4-5,11-12,14H2,1H3,(H,23,26)(H,24,27). The predicted octanol–water partition coefficient (Wildman–Crippen LogP) is 4.05. The Kier molecular flexibility index (Phi) is 6.76. The highest BCUT2D eigenvalue weighted by molar-refractivity contribution is 6.32. The van der Waals surface area contributed by atoms with E-state index in [1.54, 1.807) is 31.2 Å². The average molecular weight is 402 g/mol. The third-order valence-corrected chi connectivity index (χ3v) is 4.86. The molecule has 2 aromatic carbocycles. The zero-order chi connectivity index (χ0) is 19.9. The second-order valence-corrected chi connectivity index (χ2v) is 7.14. The largest absolute Gasteiger partial charge is 0.479 e. The summed E-state index contributed by atoms with van der Waals surface area (Å²) in [4.78, 5) is 26.3. The van der Waals surface area contributed by atoms with E-state index in [9.17, 15) is 9.59 Å². The van der Waals surface area contributed by atoms with Crippen molar-refractivity contribution in [3.8, 4) is 5.75 Å². The molecule has 0 radical (unpaired) electrons. The molecule has 6 nitrogen and oxygen atoms in total. The number of carbonyl (C=O) groups excluding carboxylic acids is 2. The summed E-state index contributed by atoms with van der Waals surface area (Å²) in [7, 11) is 0. The second kappa shape index (κ2) is 9.46. The maximum absolute atomic E-state index is 12.3. The summed E-state index contributed by atoms with van der Waals surface area (Å²) in [6, 6.07) is 14.4. The molecule has 3 rings (SSSR count). The van der Waals surface area contributed by atoms with Gasteiger partial charge < -0.3 is 20.3 Å². The van der Waals surface area contributed by atoms with Gasteiger partial charge in [-0.3, -0.25) is 4.79 Å². The van der Waals surface area contributed by atoms with E-state index in [4.69, 9.17) is 16.3 Å². The number of carbonyl (C=O) groups is 2. The Hall–Kier alpha value is -2.73. The first kappa shape index (κ1) is 20.0. The lowest BCUT2D eigenvalue weighted by Crippen LogP contribution is -2.36. The van der Waals surface area contributed by atoms with Crippen LogP contribution in [0.25, 0.3) is 0 Å². The van der Waals surface area contributed by atoms with Crippen molar-refractivity contribution in [1.29, 1.82) is 0 Å². The number of anilines is 1. The van der Waals surface area contributed by atoms with Crippen LogP contribution >= 0.6 is 11.6 Å². The number of halogens is 1. The van der Waals surface area contributed by atoms with Gasteiger partial charge in [-0.05, 0) is 49.6 Å². The van der Waals surface area contributed by atoms with Crippen LogP contribution in [0, 0.1) is 0 Å². The lowest BCUT2D eigenvalue weighted by molar-refractivity contribution is -0.127.